The van der Waals surface area contributed by atoms with Crippen molar-refractivity contribution in [3.05, 3.63) is 53.6 Å². The van der Waals surface area contributed by atoms with Crippen molar-refractivity contribution in [1.82, 2.24) is 0 Å². The van der Waals surface area contributed by atoms with E-state index in [0.717, 1.165) is 18.2 Å². The monoisotopic (exact) mass is 292 g/mol. The van der Waals surface area contributed by atoms with Gasteiger partial charge in [0.05, 0.1) is 5.56 Å². The molecule has 0 aliphatic rings. The van der Waals surface area contributed by atoms with Crippen LogP contribution in [-0.2, 0) is 4.79 Å². The van der Waals surface area contributed by atoms with E-state index in [9.17, 15) is 23.5 Å². The van der Waals surface area contributed by atoms with Crippen molar-refractivity contribution in [2.24, 2.45) is 0 Å². The predicted octanol–water partition coefficient (Wildman–Crippen LogP) is 3.26. The molecule has 0 aliphatic heterocycles. The van der Waals surface area contributed by atoms with E-state index in [-0.39, 0.29) is 22.4 Å². The van der Waals surface area contributed by atoms with Gasteiger partial charge in [-0.3, -0.25) is 4.79 Å². The summed E-state index contributed by atoms with van der Waals surface area (Å²) in [7, 11) is 0. The number of aromatic carboxylic acids is 1. The highest BCUT2D eigenvalue weighted by Gasteiger charge is 2.17. The molecule has 0 radical (unpaired) electrons. The van der Waals surface area contributed by atoms with Gasteiger partial charge < -0.3 is 9.84 Å². The van der Waals surface area contributed by atoms with Crippen LogP contribution in [0.5, 0.6) is 5.75 Å². The number of rotatable bonds is 3. The Hall–Kier alpha value is -2.76. The Morgan fingerprint density at radius 1 is 1.05 bits per heavy atom. The van der Waals surface area contributed by atoms with E-state index < -0.39 is 23.6 Å². The minimum Gasteiger partial charge on any atom is -0.478 e. The zero-order chi connectivity index (χ0) is 15.6. The first-order chi connectivity index (χ1) is 9.88. The molecule has 0 saturated heterocycles. The molecule has 0 aliphatic carbocycles. The average molecular weight is 292 g/mol. The van der Waals surface area contributed by atoms with Crippen molar-refractivity contribution >= 4 is 11.9 Å². The molecule has 0 heterocycles. The molecule has 0 fully saturated rings. The van der Waals surface area contributed by atoms with E-state index in [1.54, 1.807) is 0 Å². The van der Waals surface area contributed by atoms with Gasteiger partial charge in [0.15, 0.2) is 0 Å². The van der Waals surface area contributed by atoms with Crippen LogP contribution in [0.25, 0.3) is 11.1 Å². The lowest BCUT2D eigenvalue weighted by molar-refractivity contribution is -0.131. The van der Waals surface area contributed by atoms with Gasteiger partial charge >= 0.3 is 11.9 Å². The highest BCUT2D eigenvalue weighted by Crippen LogP contribution is 2.30. The third-order valence-corrected chi connectivity index (χ3v) is 2.70. The first kappa shape index (κ1) is 14.6. The molecule has 4 nitrogen and oxygen atoms in total. The molecule has 0 spiro atoms. The van der Waals surface area contributed by atoms with Crippen LogP contribution in [0.1, 0.15) is 17.3 Å². The smallest absolute Gasteiger partial charge is 0.336 e. The molecule has 0 amide bonds. The summed E-state index contributed by atoms with van der Waals surface area (Å²) in [6.45, 7) is 1.17. The molecule has 0 aromatic heterocycles. The molecule has 0 bridgehead atoms. The van der Waals surface area contributed by atoms with Crippen LogP contribution in [-0.4, -0.2) is 17.0 Å². The van der Waals surface area contributed by atoms with E-state index in [1.165, 1.54) is 19.1 Å². The fourth-order valence-corrected chi connectivity index (χ4v) is 1.87. The summed E-state index contributed by atoms with van der Waals surface area (Å²) < 4.78 is 31.5. The van der Waals surface area contributed by atoms with Gasteiger partial charge in [-0.1, -0.05) is 0 Å². The minimum absolute atomic E-state index is 0.0335. The van der Waals surface area contributed by atoms with E-state index >= 15 is 0 Å². The lowest BCUT2D eigenvalue weighted by atomic mass is 9.99. The highest BCUT2D eigenvalue weighted by molar-refractivity contribution is 5.96. The third-order valence-electron chi connectivity index (χ3n) is 2.70. The highest BCUT2D eigenvalue weighted by atomic mass is 19.1. The number of ether oxygens (including phenoxy) is 1. The van der Waals surface area contributed by atoms with Crippen molar-refractivity contribution in [3.8, 4) is 16.9 Å². The van der Waals surface area contributed by atoms with Crippen molar-refractivity contribution in [3.63, 3.8) is 0 Å². The van der Waals surface area contributed by atoms with Gasteiger partial charge in [0.1, 0.15) is 17.4 Å². The second kappa shape index (κ2) is 5.70. The van der Waals surface area contributed by atoms with Gasteiger partial charge in [0, 0.05) is 18.6 Å². The normalized spacial score (nSPS) is 10.2. The van der Waals surface area contributed by atoms with E-state index in [0.29, 0.717) is 6.07 Å². The Bertz CT molecular complexity index is 726. The van der Waals surface area contributed by atoms with Gasteiger partial charge in [0.2, 0.25) is 0 Å². The number of hydrogen-bond acceptors (Lipinski definition) is 3. The molecule has 0 unspecified atom stereocenters. The lowest BCUT2D eigenvalue weighted by Gasteiger charge is -2.10. The van der Waals surface area contributed by atoms with Crippen molar-refractivity contribution < 1.29 is 28.2 Å². The topological polar surface area (TPSA) is 63.6 Å². The van der Waals surface area contributed by atoms with Crippen molar-refractivity contribution in [2.45, 2.75) is 6.92 Å². The maximum absolute atomic E-state index is 13.8. The molecule has 2 aromatic rings. The summed E-state index contributed by atoms with van der Waals surface area (Å²) in [5.41, 5.74) is -0.238. The number of carbonyl (C=O) groups is 2. The predicted molar refractivity (Wildman–Crippen MR) is 70.1 cm³/mol. The molecule has 2 aromatic carbocycles. The summed E-state index contributed by atoms with van der Waals surface area (Å²) in [5, 5.41) is 9.19. The van der Waals surface area contributed by atoms with Crippen LogP contribution in [0.2, 0.25) is 0 Å². The zero-order valence-corrected chi connectivity index (χ0v) is 10.9. The number of benzene rings is 2. The molecular weight excluding hydrogens is 282 g/mol. The maximum atomic E-state index is 13.8. The van der Waals surface area contributed by atoms with Gasteiger partial charge in [-0.2, -0.15) is 0 Å². The van der Waals surface area contributed by atoms with E-state index in [1.807, 2.05) is 0 Å². The molecule has 0 atom stereocenters. The van der Waals surface area contributed by atoms with Gasteiger partial charge in [-0.05, 0) is 35.9 Å². The second-order valence-electron chi connectivity index (χ2n) is 4.23. The number of carboxylic acid groups (broad SMARTS) is 1. The number of carboxylic acids is 1. The average Bonchev–Trinajstić information content (AvgIpc) is 2.38. The van der Waals surface area contributed by atoms with Crippen molar-refractivity contribution in [2.75, 3.05) is 0 Å². The van der Waals surface area contributed by atoms with E-state index in [2.05, 4.69) is 0 Å². The van der Waals surface area contributed by atoms with Crippen LogP contribution in [0.3, 0.4) is 0 Å². The first-order valence-electron chi connectivity index (χ1n) is 5.89. The van der Waals surface area contributed by atoms with Crippen LogP contribution in [0.4, 0.5) is 8.78 Å². The molecule has 21 heavy (non-hydrogen) atoms. The van der Waals surface area contributed by atoms with Crippen LogP contribution >= 0.6 is 0 Å². The molecule has 1 N–H and O–H groups in total. The Labute approximate surface area is 118 Å². The molecule has 6 heteroatoms. The molecule has 2 rings (SSSR count). The van der Waals surface area contributed by atoms with Crippen LogP contribution < -0.4 is 4.74 Å². The SMILES string of the molecule is CC(=O)Oc1ccc(-c2ccc(F)cc2F)c(C(=O)O)c1. The summed E-state index contributed by atoms with van der Waals surface area (Å²) in [5.74, 6) is -3.52. The Morgan fingerprint density at radius 2 is 1.71 bits per heavy atom. The standard InChI is InChI=1S/C15H10F2O4/c1-8(18)21-10-3-5-11(13(7-10)15(19)20)12-4-2-9(16)6-14(12)17/h2-7H,1H3,(H,19,20). The van der Waals surface area contributed by atoms with Crippen molar-refractivity contribution in [1.29, 1.82) is 0 Å². The maximum Gasteiger partial charge on any atom is 0.336 e. The van der Waals surface area contributed by atoms with Gasteiger partial charge in [-0.15, -0.1) is 0 Å². The number of carbonyl (C=O) groups excluding carboxylic acids is 1. The number of esters is 1. The number of hydrogen-bond donors (Lipinski definition) is 1. The fraction of sp³-hybridized carbons (Fsp3) is 0.0667. The van der Waals surface area contributed by atoms with Gasteiger partial charge in [0.25, 0.3) is 0 Å². The second-order valence-corrected chi connectivity index (χ2v) is 4.23. The largest absolute Gasteiger partial charge is 0.478 e. The third kappa shape index (κ3) is 3.22. The lowest BCUT2D eigenvalue weighted by Crippen LogP contribution is -2.05. The minimum atomic E-state index is -1.32. The number of halogens is 2. The quantitative estimate of drug-likeness (QED) is 0.696. The summed E-state index contributed by atoms with van der Waals surface area (Å²) in [6, 6.07) is 6.61. The first-order valence-corrected chi connectivity index (χ1v) is 5.89. The zero-order valence-electron chi connectivity index (χ0n) is 10.9. The Morgan fingerprint density at radius 3 is 2.29 bits per heavy atom. The van der Waals surface area contributed by atoms with Crippen LogP contribution in [0.15, 0.2) is 36.4 Å². The molecule has 0 saturated carbocycles. The Kier molecular flexibility index (Phi) is 3.98. The molecule has 108 valence electrons. The summed E-state index contributed by atoms with van der Waals surface area (Å²) in [4.78, 5) is 22.1. The summed E-state index contributed by atoms with van der Waals surface area (Å²) in [6.07, 6.45) is 0. The molecular formula is C15H10F2O4. The fourth-order valence-electron chi connectivity index (χ4n) is 1.87. The van der Waals surface area contributed by atoms with Crippen LogP contribution in [0, 0.1) is 11.6 Å². The summed E-state index contributed by atoms with van der Waals surface area (Å²) >= 11 is 0. The van der Waals surface area contributed by atoms with Gasteiger partial charge in [-0.25, -0.2) is 13.6 Å². The van der Waals surface area contributed by atoms with E-state index in [4.69, 9.17) is 4.74 Å². The Balaban J connectivity index is 2.57.